The van der Waals surface area contributed by atoms with Crippen molar-refractivity contribution in [1.29, 1.82) is 0 Å². The molecular weight excluding hydrogens is 393 g/mol. The van der Waals surface area contributed by atoms with Gasteiger partial charge in [0.25, 0.3) is 5.91 Å². The van der Waals surface area contributed by atoms with Crippen molar-refractivity contribution in [3.8, 4) is 0 Å². The monoisotopic (exact) mass is 411 g/mol. The lowest BCUT2D eigenvalue weighted by atomic mass is 9.89. The lowest BCUT2D eigenvalue weighted by Crippen LogP contribution is -2.26. The summed E-state index contributed by atoms with van der Waals surface area (Å²) in [5.41, 5.74) is 4.91. The molecule has 0 aliphatic heterocycles. The maximum Gasteiger partial charge on any atom is 0.252 e. The summed E-state index contributed by atoms with van der Waals surface area (Å²) in [6, 6.07) is 8.64. The Kier molecular flexibility index (Phi) is 4.64. The van der Waals surface area contributed by atoms with Crippen molar-refractivity contribution in [2.75, 3.05) is 0 Å². The largest absolute Gasteiger partial charge is 0.345 e. The minimum Gasteiger partial charge on any atom is -0.345 e. The SMILES string of the molecule is CC(NC(=O)c1csc(I)c1)c1ccc2c(c1)CCCC2. The first-order valence-electron chi connectivity index (χ1n) is 7.30. The Labute approximate surface area is 143 Å². The first-order valence-corrected chi connectivity index (χ1v) is 9.26. The van der Waals surface area contributed by atoms with E-state index in [1.165, 1.54) is 42.4 Å². The molecule has 2 nitrogen and oxygen atoms in total. The highest BCUT2D eigenvalue weighted by atomic mass is 127. The van der Waals surface area contributed by atoms with E-state index in [1.54, 1.807) is 11.3 Å². The van der Waals surface area contributed by atoms with Gasteiger partial charge in [0.2, 0.25) is 0 Å². The molecule has 110 valence electrons. The number of nitrogens with one attached hydrogen (secondary N) is 1. The third-order valence-electron chi connectivity index (χ3n) is 4.05. The van der Waals surface area contributed by atoms with E-state index in [2.05, 4.69) is 53.0 Å². The van der Waals surface area contributed by atoms with E-state index in [0.29, 0.717) is 0 Å². The van der Waals surface area contributed by atoms with Gasteiger partial charge in [-0.3, -0.25) is 4.79 Å². The molecule has 1 amide bonds. The molecule has 3 rings (SSSR count). The van der Waals surface area contributed by atoms with Crippen LogP contribution in [0, 0.1) is 2.88 Å². The van der Waals surface area contributed by atoms with Gasteiger partial charge in [-0.1, -0.05) is 18.2 Å². The average molecular weight is 411 g/mol. The summed E-state index contributed by atoms with van der Waals surface area (Å²) in [4.78, 5) is 12.2. The second-order valence-corrected chi connectivity index (χ2v) is 8.38. The number of carbonyl (C=O) groups is 1. The molecule has 2 aromatic rings. The van der Waals surface area contributed by atoms with Crippen molar-refractivity contribution in [3.05, 3.63) is 54.8 Å². The summed E-state index contributed by atoms with van der Waals surface area (Å²) in [6.45, 7) is 2.06. The predicted octanol–water partition coefficient (Wildman–Crippen LogP) is 4.72. The van der Waals surface area contributed by atoms with Gasteiger partial charge in [-0.05, 0) is 78.0 Å². The van der Waals surface area contributed by atoms with Crippen molar-refractivity contribution in [2.24, 2.45) is 0 Å². The molecule has 0 saturated heterocycles. The first-order chi connectivity index (χ1) is 10.1. The smallest absolute Gasteiger partial charge is 0.252 e. The summed E-state index contributed by atoms with van der Waals surface area (Å²) < 4.78 is 1.14. The Balaban J connectivity index is 1.73. The van der Waals surface area contributed by atoms with E-state index < -0.39 is 0 Å². The van der Waals surface area contributed by atoms with E-state index >= 15 is 0 Å². The molecule has 0 spiro atoms. The number of hydrogen-bond donors (Lipinski definition) is 1. The van der Waals surface area contributed by atoms with Crippen LogP contribution in [0.3, 0.4) is 0 Å². The third-order valence-corrected chi connectivity index (χ3v) is 5.84. The van der Waals surface area contributed by atoms with Crippen molar-refractivity contribution in [1.82, 2.24) is 5.32 Å². The van der Waals surface area contributed by atoms with Crippen molar-refractivity contribution in [3.63, 3.8) is 0 Å². The molecule has 21 heavy (non-hydrogen) atoms. The third kappa shape index (κ3) is 3.48. The van der Waals surface area contributed by atoms with E-state index in [1.807, 2.05) is 11.4 Å². The Bertz CT molecular complexity index is 665. The van der Waals surface area contributed by atoms with Gasteiger partial charge in [0, 0.05) is 5.38 Å². The molecule has 1 heterocycles. The van der Waals surface area contributed by atoms with Crippen LogP contribution in [0.25, 0.3) is 0 Å². The number of hydrogen-bond acceptors (Lipinski definition) is 2. The standard InChI is InChI=1S/C17H18INOS/c1-11(19-17(20)15-9-16(18)21-10-15)13-7-6-12-4-2-3-5-14(12)8-13/h6-11H,2-5H2,1H3,(H,19,20). The summed E-state index contributed by atoms with van der Waals surface area (Å²) >= 11 is 3.84. The summed E-state index contributed by atoms with van der Waals surface area (Å²) in [6.07, 6.45) is 4.95. The lowest BCUT2D eigenvalue weighted by Gasteiger charge is -2.20. The van der Waals surface area contributed by atoms with Gasteiger partial charge in [-0.2, -0.15) is 0 Å². The maximum atomic E-state index is 12.2. The van der Waals surface area contributed by atoms with E-state index in [4.69, 9.17) is 0 Å². The van der Waals surface area contributed by atoms with Crippen LogP contribution in [-0.4, -0.2) is 5.91 Å². The molecule has 1 N–H and O–H groups in total. The van der Waals surface area contributed by atoms with E-state index in [9.17, 15) is 4.79 Å². The fourth-order valence-electron chi connectivity index (χ4n) is 2.82. The highest BCUT2D eigenvalue weighted by molar-refractivity contribution is 14.1. The van der Waals surface area contributed by atoms with Crippen LogP contribution in [-0.2, 0) is 12.8 Å². The van der Waals surface area contributed by atoms with E-state index in [0.717, 1.165) is 8.45 Å². The number of halogens is 1. The summed E-state index contributed by atoms with van der Waals surface area (Å²) in [5, 5.41) is 5.01. The molecule has 1 aromatic carbocycles. The molecular formula is C17H18INOS. The zero-order valence-electron chi connectivity index (χ0n) is 12.0. The van der Waals surface area contributed by atoms with E-state index in [-0.39, 0.29) is 11.9 Å². The summed E-state index contributed by atoms with van der Waals surface area (Å²) in [5.74, 6) is 0.0133. The van der Waals surface area contributed by atoms with Gasteiger partial charge >= 0.3 is 0 Å². The minimum atomic E-state index is 0.0133. The van der Waals surface area contributed by atoms with Crippen LogP contribution in [0.5, 0.6) is 0 Å². The topological polar surface area (TPSA) is 29.1 Å². The maximum absolute atomic E-state index is 12.2. The Morgan fingerprint density at radius 2 is 2.00 bits per heavy atom. The zero-order valence-corrected chi connectivity index (χ0v) is 15.0. The summed E-state index contributed by atoms with van der Waals surface area (Å²) in [7, 11) is 0. The van der Waals surface area contributed by atoms with Crippen LogP contribution in [0.4, 0.5) is 0 Å². The fraction of sp³-hybridized carbons (Fsp3) is 0.353. The van der Waals surface area contributed by atoms with Crippen LogP contribution < -0.4 is 5.32 Å². The molecule has 1 atom stereocenters. The van der Waals surface area contributed by atoms with Crippen LogP contribution in [0.15, 0.2) is 29.6 Å². The van der Waals surface area contributed by atoms with Gasteiger partial charge in [0.05, 0.1) is 14.5 Å². The number of aryl methyl sites for hydroxylation is 2. The molecule has 4 heteroatoms. The normalized spacial score (nSPS) is 15.3. The Morgan fingerprint density at radius 3 is 2.71 bits per heavy atom. The quantitative estimate of drug-likeness (QED) is 0.728. The van der Waals surface area contributed by atoms with Gasteiger partial charge in [-0.25, -0.2) is 0 Å². The fourth-order valence-corrected chi connectivity index (χ4v) is 4.14. The van der Waals surface area contributed by atoms with Gasteiger partial charge in [0.1, 0.15) is 0 Å². The minimum absolute atomic E-state index is 0.0133. The average Bonchev–Trinajstić information content (AvgIpc) is 2.93. The molecule has 1 aliphatic rings. The number of carbonyl (C=O) groups excluding carboxylic acids is 1. The molecule has 1 aromatic heterocycles. The Morgan fingerprint density at radius 1 is 1.24 bits per heavy atom. The van der Waals surface area contributed by atoms with Gasteiger partial charge in [-0.15, -0.1) is 11.3 Å². The molecule has 1 unspecified atom stereocenters. The van der Waals surface area contributed by atoms with Gasteiger partial charge < -0.3 is 5.32 Å². The Hall–Kier alpha value is -0.880. The molecule has 0 bridgehead atoms. The first kappa shape index (κ1) is 15.0. The second-order valence-electron chi connectivity index (χ2n) is 5.57. The number of benzene rings is 1. The van der Waals surface area contributed by atoms with Crippen LogP contribution >= 0.6 is 33.9 Å². The van der Waals surface area contributed by atoms with Crippen molar-refractivity contribution >= 4 is 39.8 Å². The molecule has 0 saturated carbocycles. The predicted molar refractivity (Wildman–Crippen MR) is 96.0 cm³/mol. The zero-order chi connectivity index (χ0) is 14.8. The molecule has 1 aliphatic carbocycles. The highest BCUT2D eigenvalue weighted by Crippen LogP contribution is 2.25. The highest BCUT2D eigenvalue weighted by Gasteiger charge is 2.15. The second kappa shape index (κ2) is 6.48. The number of thiophene rings is 1. The number of rotatable bonds is 3. The van der Waals surface area contributed by atoms with Crippen LogP contribution in [0.2, 0.25) is 0 Å². The van der Waals surface area contributed by atoms with Crippen LogP contribution in [0.1, 0.15) is 52.9 Å². The van der Waals surface area contributed by atoms with Gasteiger partial charge in [0.15, 0.2) is 0 Å². The number of amides is 1. The van der Waals surface area contributed by atoms with Crippen molar-refractivity contribution in [2.45, 2.75) is 38.6 Å². The van der Waals surface area contributed by atoms with Crippen molar-refractivity contribution < 1.29 is 4.79 Å². The molecule has 0 fully saturated rings. The molecule has 0 radical (unpaired) electrons. The number of fused-ring (bicyclic) bond motifs is 1. The lowest BCUT2D eigenvalue weighted by molar-refractivity contribution is 0.0940.